The number of aliphatic hydroxyl groups is 1. The van der Waals surface area contributed by atoms with Crippen LogP contribution in [0.3, 0.4) is 0 Å². The van der Waals surface area contributed by atoms with Crippen molar-refractivity contribution in [3.63, 3.8) is 0 Å². The number of hydrogen-bond acceptors (Lipinski definition) is 3. The summed E-state index contributed by atoms with van der Waals surface area (Å²) in [5.74, 6) is 0.526. The molecule has 0 bridgehead atoms. The number of nitrogens with one attached hydrogen (secondary N) is 1. The van der Waals surface area contributed by atoms with E-state index in [4.69, 9.17) is 0 Å². The Hall–Kier alpha value is -0.900. The van der Waals surface area contributed by atoms with Gasteiger partial charge in [-0.3, -0.25) is 0 Å². The summed E-state index contributed by atoms with van der Waals surface area (Å²) in [7, 11) is 0. The van der Waals surface area contributed by atoms with Crippen LogP contribution < -0.4 is 5.32 Å². The van der Waals surface area contributed by atoms with Crippen LogP contribution in [0.1, 0.15) is 39.7 Å². The minimum atomic E-state index is -0.331. The number of aliphatic hydroxyl groups excluding tert-OH is 1. The highest BCUT2D eigenvalue weighted by Crippen LogP contribution is 2.28. The second-order valence-corrected chi connectivity index (χ2v) is 6.16. The molecule has 1 unspecified atom stereocenters. The molecule has 0 aliphatic heterocycles. The van der Waals surface area contributed by atoms with Crippen LogP contribution in [0.5, 0.6) is 0 Å². The van der Waals surface area contributed by atoms with E-state index in [9.17, 15) is 5.11 Å². The van der Waals surface area contributed by atoms with Gasteiger partial charge in [-0.05, 0) is 31.0 Å². The molecule has 21 heavy (non-hydrogen) atoms. The fraction of sp³-hybridized carbons (Fsp3) is 0.667. The molecule has 0 amide bonds. The summed E-state index contributed by atoms with van der Waals surface area (Å²) in [5.41, 5.74) is 0.850. The molecule has 0 radical (unpaired) electrons. The molecule has 1 atom stereocenters. The Morgan fingerprint density at radius 1 is 1.14 bits per heavy atom. The third-order valence-corrected chi connectivity index (χ3v) is 4.14. The number of benzene rings is 1. The lowest BCUT2D eigenvalue weighted by Gasteiger charge is -2.36. The topological polar surface area (TPSA) is 35.5 Å². The van der Waals surface area contributed by atoms with Crippen LogP contribution in [0, 0.1) is 5.92 Å². The van der Waals surface area contributed by atoms with E-state index < -0.39 is 0 Å². The van der Waals surface area contributed by atoms with Gasteiger partial charge in [0.1, 0.15) is 0 Å². The standard InChI is InChI=1S/C18H32N2O/c1-5-20(6-2)13-12-19-18(15-21,14-16(3)4)17-10-8-7-9-11-17/h7-11,16,19,21H,5-6,12-15H2,1-4H3. The van der Waals surface area contributed by atoms with Gasteiger partial charge < -0.3 is 15.3 Å². The molecule has 2 N–H and O–H groups in total. The van der Waals surface area contributed by atoms with E-state index >= 15 is 0 Å². The first-order valence-electron chi connectivity index (χ1n) is 8.21. The van der Waals surface area contributed by atoms with Crippen molar-refractivity contribution in [2.45, 2.75) is 39.7 Å². The zero-order chi connectivity index (χ0) is 15.7. The van der Waals surface area contributed by atoms with Gasteiger partial charge in [-0.25, -0.2) is 0 Å². The third kappa shape index (κ3) is 5.42. The van der Waals surface area contributed by atoms with Crippen molar-refractivity contribution in [2.24, 2.45) is 5.92 Å². The van der Waals surface area contributed by atoms with Crippen LogP contribution in [0.4, 0.5) is 0 Å². The van der Waals surface area contributed by atoms with Crippen LogP contribution in [-0.4, -0.2) is 42.8 Å². The molecule has 120 valence electrons. The Labute approximate surface area is 130 Å². The molecule has 0 heterocycles. The highest BCUT2D eigenvalue weighted by molar-refractivity contribution is 5.25. The highest BCUT2D eigenvalue weighted by Gasteiger charge is 2.31. The summed E-state index contributed by atoms with van der Waals surface area (Å²) in [4.78, 5) is 2.40. The van der Waals surface area contributed by atoms with Crippen LogP contribution in [0.15, 0.2) is 30.3 Å². The molecule has 3 nitrogen and oxygen atoms in total. The maximum absolute atomic E-state index is 10.1. The molecule has 1 rings (SSSR count). The van der Waals surface area contributed by atoms with Crippen molar-refractivity contribution in [2.75, 3.05) is 32.8 Å². The summed E-state index contributed by atoms with van der Waals surface area (Å²) < 4.78 is 0. The van der Waals surface area contributed by atoms with Gasteiger partial charge in [0.15, 0.2) is 0 Å². The van der Waals surface area contributed by atoms with Crippen molar-refractivity contribution in [3.05, 3.63) is 35.9 Å². The lowest BCUT2D eigenvalue weighted by atomic mass is 9.83. The lowest BCUT2D eigenvalue weighted by Crippen LogP contribution is -2.49. The number of likely N-dealkylation sites (N-methyl/N-ethyl adjacent to an activating group) is 1. The van der Waals surface area contributed by atoms with E-state index in [1.54, 1.807) is 0 Å². The number of hydrogen-bond donors (Lipinski definition) is 2. The van der Waals surface area contributed by atoms with E-state index in [1.807, 2.05) is 18.2 Å². The fourth-order valence-corrected chi connectivity index (χ4v) is 2.95. The normalized spacial score (nSPS) is 14.6. The molecule has 0 saturated carbocycles. The Morgan fingerprint density at radius 3 is 2.24 bits per heavy atom. The Balaban J connectivity index is 2.81. The average Bonchev–Trinajstić information content (AvgIpc) is 2.51. The minimum Gasteiger partial charge on any atom is -0.394 e. The van der Waals surface area contributed by atoms with Crippen molar-refractivity contribution >= 4 is 0 Å². The average molecular weight is 292 g/mol. The van der Waals surface area contributed by atoms with Crippen LogP contribution in [0.25, 0.3) is 0 Å². The van der Waals surface area contributed by atoms with Gasteiger partial charge in [-0.15, -0.1) is 0 Å². The van der Waals surface area contributed by atoms with Crippen molar-refractivity contribution in [3.8, 4) is 0 Å². The van der Waals surface area contributed by atoms with E-state index in [0.29, 0.717) is 5.92 Å². The van der Waals surface area contributed by atoms with Gasteiger partial charge in [-0.1, -0.05) is 58.0 Å². The molecule has 1 aromatic rings. The first-order valence-corrected chi connectivity index (χ1v) is 8.21. The molecule has 0 aliphatic carbocycles. The van der Waals surface area contributed by atoms with Crippen molar-refractivity contribution in [1.29, 1.82) is 0 Å². The predicted octanol–water partition coefficient (Wildman–Crippen LogP) is 2.85. The minimum absolute atomic E-state index is 0.132. The summed E-state index contributed by atoms with van der Waals surface area (Å²) >= 11 is 0. The molecule has 0 aromatic heterocycles. The molecule has 0 aliphatic rings. The molecule has 0 fully saturated rings. The van der Waals surface area contributed by atoms with E-state index in [0.717, 1.165) is 32.6 Å². The zero-order valence-electron chi connectivity index (χ0n) is 14.1. The van der Waals surface area contributed by atoms with Gasteiger partial charge in [0.05, 0.1) is 12.1 Å². The van der Waals surface area contributed by atoms with E-state index in [1.165, 1.54) is 5.56 Å². The molecule has 0 saturated heterocycles. The Kier molecular flexibility index (Phi) is 7.94. The number of nitrogens with zero attached hydrogens (tertiary/aromatic N) is 1. The Bertz CT molecular complexity index is 376. The highest BCUT2D eigenvalue weighted by atomic mass is 16.3. The van der Waals surface area contributed by atoms with E-state index in [2.05, 4.69) is 50.0 Å². The SMILES string of the molecule is CCN(CC)CCNC(CO)(CC(C)C)c1ccccc1. The predicted molar refractivity (Wildman–Crippen MR) is 90.5 cm³/mol. The monoisotopic (exact) mass is 292 g/mol. The van der Waals surface area contributed by atoms with Crippen LogP contribution in [0.2, 0.25) is 0 Å². The van der Waals surface area contributed by atoms with Gasteiger partial charge in [-0.2, -0.15) is 0 Å². The fourth-order valence-electron chi connectivity index (χ4n) is 2.95. The smallest absolute Gasteiger partial charge is 0.0672 e. The second kappa shape index (κ2) is 9.19. The molecular formula is C18H32N2O. The van der Waals surface area contributed by atoms with Crippen molar-refractivity contribution in [1.82, 2.24) is 10.2 Å². The van der Waals surface area contributed by atoms with Crippen LogP contribution in [-0.2, 0) is 5.54 Å². The molecule has 3 heteroatoms. The van der Waals surface area contributed by atoms with Gasteiger partial charge >= 0.3 is 0 Å². The lowest BCUT2D eigenvalue weighted by molar-refractivity contribution is 0.132. The summed E-state index contributed by atoms with van der Waals surface area (Å²) in [5, 5.41) is 13.7. The van der Waals surface area contributed by atoms with Crippen LogP contribution >= 0.6 is 0 Å². The maximum Gasteiger partial charge on any atom is 0.0672 e. The van der Waals surface area contributed by atoms with Crippen molar-refractivity contribution < 1.29 is 5.11 Å². The quantitative estimate of drug-likeness (QED) is 0.696. The first-order chi connectivity index (χ1) is 10.1. The molecule has 1 aromatic carbocycles. The third-order valence-electron chi connectivity index (χ3n) is 4.14. The largest absolute Gasteiger partial charge is 0.394 e. The van der Waals surface area contributed by atoms with Gasteiger partial charge in [0.25, 0.3) is 0 Å². The first kappa shape index (κ1) is 18.1. The second-order valence-electron chi connectivity index (χ2n) is 6.16. The molecular weight excluding hydrogens is 260 g/mol. The zero-order valence-corrected chi connectivity index (χ0v) is 14.1. The van der Waals surface area contributed by atoms with Gasteiger partial charge in [0.2, 0.25) is 0 Å². The summed E-state index contributed by atoms with van der Waals surface area (Å²) in [6.07, 6.45) is 0.936. The van der Waals surface area contributed by atoms with Gasteiger partial charge in [0, 0.05) is 13.1 Å². The maximum atomic E-state index is 10.1. The summed E-state index contributed by atoms with van der Waals surface area (Å²) in [6, 6.07) is 10.3. The van der Waals surface area contributed by atoms with E-state index in [-0.39, 0.29) is 12.1 Å². The summed E-state index contributed by atoms with van der Waals surface area (Å²) in [6.45, 7) is 13.0. The number of rotatable bonds is 10. The Morgan fingerprint density at radius 2 is 1.76 bits per heavy atom. The molecule has 0 spiro atoms.